The summed E-state index contributed by atoms with van der Waals surface area (Å²) in [5.74, 6) is 0.599. The Morgan fingerprint density at radius 2 is 2.00 bits per heavy atom. The quantitative estimate of drug-likeness (QED) is 0.825. The van der Waals surface area contributed by atoms with Crippen LogP contribution in [0.2, 0.25) is 5.02 Å². The van der Waals surface area contributed by atoms with Crippen molar-refractivity contribution >= 4 is 28.9 Å². The standard InChI is InChI=1S/C14H15ClN4/c15-10-5-11(16)7-12(6-10)18-14-17-8-9-3-1-2-4-13(9)19-14/h5-8H,1-4,16H2,(H,17,18,19). The smallest absolute Gasteiger partial charge is 0.227 e. The van der Waals surface area contributed by atoms with Crippen molar-refractivity contribution in [2.45, 2.75) is 25.7 Å². The largest absolute Gasteiger partial charge is 0.399 e. The molecule has 0 spiro atoms. The fourth-order valence-corrected chi connectivity index (χ4v) is 2.59. The molecule has 98 valence electrons. The molecule has 0 saturated carbocycles. The maximum atomic E-state index is 5.97. The van der Waals surface area contributed by atoms with E-state index < -0.39 is 0 Å². The number of nitrogens with one attached hydrogen (secondary N) is 1. The molecule has 1 aromatic carbocycles. The third kappa shape index (κ3) is 2.79. The predicted molar refractivity (Wildman–Crippen MR) is 77.8 cm³/mol. The predicted octanol–water partition coefficient (Wildman–Crippen LogP) is 3.33. The number of aryl methyl sites for hydroxylation is 2. The van der Waals surface area contributed by atoms with Gasteiger partial charge in [0.1, 0.15) is 0 Å². The fourth-order valence-electron chi connectivity index (χ4n) is 2.35. The van der Waals surface area contributed by atoms with E-state index in [1.54, 1.807) is 12.1 Å². The van der Waals surface area contributed by atoms with Crippen LogP contribution in [0.4, 0.5) is 17.3 Å². The summed E-state index contributed by atoms with van der Waals surface area (Å²) in [5.41, 5.74) is 9.60. The zero-order valence-electron chi connectivity index (χ0n) is 10.5. The molecule has 19 heavy (non-hydrogen) atoms. The maximum Gasteiger partial charge on any atom is 0.227 e. The van der Waals surface area contributed by atoms with Gasteiger partial charge >= 0.3 is 0 Å². The molecule has 1 aromatic heterocycles. The molecule has 0 radical (unpaired) electrons. The Balaban J connectivity index is 1.86. The fraction of sp³-hybridized carbons (Fsp3) is 0.286. The van der Waals surface area contributed by atoms with Crippen molar-refractivity contribution in [3.05, 3.63) is 40.7 Å². The molecule has 2 aromatic rings. The van der Waals surface area contributed by atoms with Crippen molar-refractivity contribution in [2.24, 2.45) is 0 Å². The van der Waals surface area contributed by atoms with E-state index in [-0.39, 0.29) is 0 Å². The highest BCUT2D eigenvalue weighted by atomic mass is 35.5. The SMILES string of the molecule is Nc1cc(Cl)cc(Nc2ncc3c(n2)CCCC3)c1. The van der Waals surface area contributed by atoms with Crippen LogP contribution in [-0.4, -0.2) is 9.97 Å². The molecule has 3 rings (SSSR count). The molecule has 3 N–H and O–H groups in total. The van der Waals surface area contributed by atoms with E-state index in [0.717, 1.165) is 24.2 Å². The number of aromatic nitrogens is 2. The molecule has 0 unspecified atom stereocenters. The van der Waals surface area contributed by atoms with Gasteiger partial charge in [-0.25, -0.2) is 9.97 Å². The van der Waals surface area contributed by atoms with Gasteiger partial charge in [-0.2, -0.15) is 0 Å². The van der Waals surface area contributed by atoms with Crippen LogP contribution in [-0.2, 0) is 12.8 Å². The third-order valence-electron chi connectivity index (χ3n) is 3.24. The molecule has 0 atom stereocenters. The topological polar surface area (TPSA) is 63.8 Å². The van der Waals surface area contributed by atoms with Gasteiger partial charge in [0, 0.05) is 28.3 Å². The number of hydrogen-bond donors (Lipinski definition) is 2. The second-order valence-corrected chi connectivity index (χ2v) is 5.21. The van der Waals surface area contributed by atoms with Crippen molar-refractivity contribution < 1.29 is 0 Å². The van der Waals surface area contributed by atoms with Crippen molar-refractivity contribution in [2.75, 3.05) is 11.1 Å². The van der Waals surface area contributed by atoms with Gasteiger partial charge in [-0.05, 0) is 49.4 Å². The molecule has 4 nitrogen and oxygen atoms in total. The molecule has 1 heterocycles. The first-order chi connectivity index (χ1) is 9.20. The number of nitrogens with zero attached hydrogens (tertiary/aromatic N) is 2. The summed E-state index contributed by atoms with van der Waals surface area (Å²) < 4.78 is 0. The van der Waals surface area contributed by atoms with Crippen LogP contribution >= 0.6 is 11.6 Å². The zero-order chi connectivity index (χ0) is 13.2. The summed E-state index contributed by atoms with van der Waals surface area (Å²) in [4.78, 5) is 8.90. The lowest BCUT2D eigenvalue weighted by Gasteiger charge is -2.15. The molecule has 0 saturated heterocycles. The summed E-state index contributed by atoms with van der Waals surface area (Å²) in [6.45, 7) is 0. The van der Waals surface area contributed by atoms with E-state index >= 15 is 0 Å². The van der Waals surface area contributed by atoms with Gasteiger partial charge in [0.15, 0.2) is 0 Å². The van der Waals surface area contributed by atoms with Crippen LogP contribution in [0.5, 0.6) is 0 Å². The zero-order valence-corrected chi connectivity index (χ0v) is 11.2. The van der Waals surface area contributed by atoms with Gasteiger partial charge in [0.05, 0.1) is 0 Å². The van der Waals surface area contributed by atoms with Crippen LogP contribution in [0.25, 0.3) is 0 Å². The Labute approximate surface area is 117 Å². The highest BCUT2D eigenvalue weighted by molar-refractivity contribution is 6.31. The van der Waals surface area contributed by atoms with Crippen molar-refractivity contribution in [3.8, 4) is 0 Å². The van der Waals surface area contributed by atoms with E-state index in [2.05, 4.69) is 15.3 Å². The summed E-state index contributed by atoms with van der Waals surface area (Å²) in [7, 11) is 0. The number of hydrogen-bond acceptors (Lipinski definition) is 4. The molecular weight excluding hydrogens is 260 g/mol. The normalized spacial score (nSPS) is 13.9. The van der Waals surface area contributed by atoms with Crippen LogP contribution in [0.15, 0.2) is 24.4 Å². The van der Waals surface area contributed by atoms with Crippen LogP contribution in [0, 0.1) is 0 Å². The molecule has 0 bridgehead atoms. The Morgan fingerprint density at radius 1 is 1.16 bits per heavy atom. The average Bonchev–Trinajstić information content (AvgIpc) is 2.37. The minimum absolute atomic E-state index is 0.598. The minimum atomic E-state index is 0.598. The molecule has 1 aliphatic carbocycles. The molecule has 0 amide bonds. The van der Waals surface area contributed by atoms with Gasteiger partial charge in [-0.1, -0.05) is 11.6 Å². The lowest BCUT2D eigenvalue weighted by Crippen LogP contribution is -2.08. The molecule has 5 heteroatoms. The van der Waals surface area contributed by atoms with Crippen LogP contribution in [0.3, 0.4) is 0 Å². The molecule has 1 aliphatic rings. The number of nitrogen functional groups attached to an aromatic ring is 1. The number of benzene rings is 1. The van der Waals surface area contributed by atoms with E-state index in [1.807, 2.05) is 12.3 Å². The number of anilines is 3. The van der Waals surface area contributed by atoms with Crippen molar-refractivity contribution in [1.29, 1.82) is 0 Å². The Kier molecular flexibility index (Phi) is 3.25. The van der Waals surface area contributed by atoms with E-state index in [4.69, 9.17) is 17.3 Å². The van der Waals surface area contributed by atoms with E-state index in [9.17, 15) is 0 Å². The second kappa shape index (κ2) is 5.05. The monoisotopic (exact) mass is 274 g/mol. The Bertz CT molecular complexity index is 592. The van der Waals surface area contributed by atoms with Gasteiger partial charge in [-0.15, -0.1) is 0 Å². The number of rotatable bonds is 2. The van der Waals surface area contributed by atoms with E-state index in [1.165, 1.54) is 18.4 Å². The lowest BCUT2D eigenvalue weighted by molar-refractivity contribution is 0.663. The number of nitrogens with two attached hydrogens (primary N) is 1. The van der Waals surface area contributed by atoms with Crippen LogP contribution in [0.1, 0.15) is 24.1 Å². The molecule has 0 aliphatic heterocycles. The minimum Gasteiger partial charge on any atom is -0.399 e. The Hall–Kier alpha value is -1.81. The van der Waals surface area contributed by atoms with Gasteiger partial charge in [-0.3, -0.25) is 0 Å². The number of fused-ring (bicyclic) bond motifs is 1. The Morgan fingerprint density at radius 3 is 2.84 bits per heavy atom. The second-order valence-electron chi connectivity index (χ2n) is 4.77. The van der Waals surface area contributed by atoms with Crippen molar-refractivity contribution in [3.63, 3.8) is 0 Å². The lowest BCUT2D eigenvalue weighted by atomic mass is 9.98. The van der Waals surface area contributed by atoms with E-state index in [0.29, 0.717) is 16.7 Å². The highest BCUT2D eigenvalue weighted by Crippen LogP contribution is 2.24. The molecule has 0 fully saturated rings. The first kappa shape index (κ1) is 12.2. The highest BCUT2D eigenvalue weighted by Gasteiger charge is 2.12. The summed E-state index contributed by atoms with van der Waals surface area (Å²) in [5, 5.41) is 3.75. The van der Waals surface area contributed by atoms with Gasteiger partial charge < -0.3 is 11.1 Å². The van der Waals surface area contributed by atoms with Gasteiger partial charge in [0.2, 0.25) is 5.95 Å². The first-order valence-electron chi connectivity index (χ1n) is 6.38. The summed E-state index contributed by atoms with van der Waals surface area (Å²) >= 11 is 5.97. The third-order valence-corrected chi connectivity index (χ3v) is 3.46. The van der Waals surface area contributed by atoms with Crippen LogP contribution < -0.4 is 11.1 Å². The number of halogens is 1. The van der Waals surface area contributed by atoms with Crippen molar-refractivity contribution in [1.82, 2.24) is 9.97 Å². The average molecular weight is 275 g/mol. The maximum absolute atomic E-state index is 5.97. The summed E-state index contributed by atoms with van der Waals surface area (Å²) in [6.07, 6.45) is 6.46. The first-order valence-corrected chi connectivity index (χ1v) is 6.76. The molecular formula is C14H15ClN4. The summed E-state index contributed by atoms with van der Waals surface area (Å²) in [6, 6.07) is 5.33. The van der Waals surface area contributed by atoms with Gasteiger partial charge in [0.25, 0.3) is 0 Å².